The van der Waals surface area contributed by atoms with Crippen molar-refractivity contribution < 1.29 is 15.0 Å². The van der Waals surface area contributed by atoms with Crippen LogP contribution in [0.15, 0.2) is 42.5 Å². The van der Waals surface area contributed by atoms with Gasteiger partial charge in [-0.1, -0.05) is 36.4 Å². The lowest BCUT2D eigenvalue weighted by Crippen LogP contribution is -2.29. The maximum absolute atomic E-state index is 10.6. The van der Waals surface area contributed by atoms with Gasteiger partial charge < -0.3 is 10.2 Å². The Hall–Kier alpha value is -1.91. The summed E-state index contributed by atoms with van der Waals surface area (Å²) in [6.45, 7) is 0.218. The van der Waals surface area contributed by atoms with E-state index in [1.807, 2.05) is 42.5 Å². The van der Waals surface area contributed by atoms with Crippen LogP contribution in [0.5, 0.6) is 0 Å². The van der Waals surface area contributed by atoms with E-state index in [1.165, 1.54) is 0 Å². The number of aliphatic hydroxyl groups is 1. The fourth-order valence-electron chi connectivity index (χ4n) is 2.11. The molecule has 0 saturated heterocycles. The molecular formula is C15H17NO3. The first-order valence-corrected chi connectivity index (χ1v) is 6.13. The number of aliphatic hydroxyl groups excluding tert-OH is 1. The van der Waals surface area contributed by atoms with Crippen LogP contribution in [-0.2, 0) is 4.79 Å². The highest BCUT2D eigenvalue weighted by atomic mass is 16.4. The number of carbonyl (C=O) groups is 1. The summed E-state index contributed by atoms with van der Waals surface area (Å²) in [4.78, 5) is 12.2. The molecule has 1 atom stereocenters. The molecule has 0 bridgehead atoms. The van der Waals surface area contributed by atoms with Gasteiger partial charge in [0, 0.05) is 6.54 Å². The Balaban J connectivity index is 2.12. The maximum Gasteiger partial charge on any atom is 0.317 e. The summed E-state index contributed by atoms with van der Waals surface area (Å²) in [6.07, 6.45) is -0.686. The molecule has 100 valence electrons. The second-order valence-corrected chi connectivity index (χ2v) is 4.71. The number of aliphatic carboxylic acids is 1. The van der Waals surface area contributed by atoms with Crippen molar-refractivity contribution in [2.24, 2.45) is 0 Å². The molecule has 19 heavy (non-hydrogen) atoms. The Morgan fingerprint density at radius 3 is 2.58 bits per heavy atom. The molecule has 0 aromatic heterocycles. The standard InChI is InChI=1S/C15H17NO3/c1-16(10-15(18)19)9-14(17)13-7-6-11-4-2-3-5-12(11)8-13/h2-8,14,17H,9-10H2,1H3,(H,18,19). The average molecular weight is 259 g/mol. The summed E-state index contributed by atoms with van der Waals surface area (Å²) >= 11 is 0. The van der Waals surface area contributed by atoms with E-state index in [1.54, 1.807) is 11.9 Å². The van der Waals surface area contributed by atoms with Crippen molar-refractivity contribution in [3.63, 3.8) is 0 Å². The number of fused-ring (bicyclic) bond motifs is 1. The van der Waals surface area contributed by atoms with Crippen LogP contribution in [0.2, 0.25) is 0 Å². The second-order valence-electron chi connectivity index (χ2n) is 4.71. The van der Waals surface area contributed by atoms with Crippen molar-refractivity contribution in [1.29, 1.82) is 0 Å². The van der Waals surface area contributed by atoms with Crippen molar-refractivity contribution in [3.05, 3.63) is 48.0 Å². The molecule has 1 unspecified atom stereocenters. The molecule has 0 heterocycles. The van der Waals surface area contributed by atoms with Gasteiger partial charge in [0.1, 0.15) is 0 Å². The number of hydrogen-bond donors (Lipinski definition) is 2. The van der Waals surface area contributed by atoms with Crippen LogP contribution < -0.4 is 0 Å². The fourth-order valence-corrected chi connectivity index (χ4v) is 2.11. The van der Waals surface area contributed by atoms with Gasteiger partial charge in [-0.2, -0.15) is 0 Å². The molecule has 4 heteroatoms. The predicted molar refractivity (Wildman–Crippen MR) is 74.0 cm³/mol. The normalized spacial score (nSPS) is 12.8. The highest BCUT2D eigenvalue weighted by Gasteiger charge is 2.13. The fraction of sp³-hybridized carbons (Fsp3) is 0.267. The molecule has 2 aromatic rings. The summed E-state index contributed by atoms with van der Waals surface area (Å²) in [5.41, 5.74) is 0.802. The number of carboxylic acid groups (broad SMARTS) is 1. The summed E-state index contributed by atoms with van der Waals surface area (Å²) in [5.74, 6) is -0.895. The van der Waals surface area contributed by atoms with Crippen molar-refractivity contribution in [3.8, 4) is 0 Å². The summed E-state index contributed by atoms with van der Waals surface area (Å²) < 4.78 is 0. The van der Waals surface area contributed by atoms with Crippen LogP contribution in [0, 0.1) is 0 Å². The highest BCUT2D eigenvalue weighted by molar-refractivity contribution is 5.83. The van der Waals surface area contributed by atoms with Crippen molar-refractivity contribution in [2.45, 2.75) is 6.10 Å². The Morgan fingerprint density at radius 2 is 1.89 bits per heavy atom. The summed E-state index contributed by atoms with van der Waals surface area (Å²) in [5, 5.41) is 21.0. The number of hydrogen-bond acceptors (Lipinski definition) is 3. The highest BCUT2D eigenvalue weighted by Crippen LogP contribution is 2.20. The van der Waals surface area contributed by atoms with E-state index in [2.05, 4.69) is 0 Å². The van der Waals surface area contributed by atoms with Gasteiger partial charge in [-0.3, -0.25) is 9.69 Å². The third-order valence-electron chi connectivity index (χ3n) is 3.05. The average Bonchev–Trinajstić information content (AvgIpc) is 2.37. The van der Waals surface area contributed by atoms with Crippen LogP contribution in [0.25, 0.3) is 10.8 Å². The number of carboxylic acids is 1. The molecule has 0 amide bonds. The molecule has 0 aliphatic rings. The molecule has 0 saturated carbocycles. The van der Waals surface area contributed by atoms with E-state index < -0.39 is 12.1 Å². The van der Waals surface area contributed by atoms with Crippen LogP contribution in [0.1, 0.15) is 11.7 Å². The third-order valence-corrected chi connectivity index (χ3v) is 3.05. The molecule has 2 N–H and O–H groups in total. The Kier molecular flexibility index (Phi) is 4.14. The van der Waals surface area contributed by atoms with Gasteiger partial charge in [-0.15, -0.1) is 0 Å². The Labute approximate surface area is 111 Å². The first-order valence-electron chi connectivity index (χ1n) is 6.13. The topological polar surface area (TPSA) is 60.8 Å². The van der Waals surface area contributed by atoms with Gasteiger partial charge in [0.05, 0.1) is 12.6 Å². The zero-order valence-corrected chi connectivity index (χ0v) is 10.8. The van der Waals surface area contributed by atoms with Crippen LogP contribution in [0.3, 0.4) is 0 Å². The molecular weight excluding hydrogens is 242 g/mol. The van der Waals surface area contributed by atoms with Gasteiger partial charge in [0.2, 0.25) is 0 Å². The number of likely N-dealkylation sites (N-methyl/N-ethyl adjacent to an activating group) is 1. The first kappa shape index (κ1) is 13.5. The van der Waals surface area contributed by atoms with E-state index in [0.717, 1.165) is 16.3 Å². The molecule has 0 fully saturated rings. The van der Waals surface area contributed by atoms with E-state index in [0.29, 0.717) is 6.54 Å². The van der Waals surface area contributed by atoms with Crippen LogP contribution in [0.4, 0.5) is 0 Å². The van der Waals surface area contributed by atoms with Crippen molar-refractivity contribution in [2.75, 3.05) is 20.1 Å². The molecule has 0 aliphatic heterocycles. The first-order chi connectivity index (χ1) is 9.06. The minimum Gasteiger partial charge on any atom is -0.480 e. The van der Waals surface area contributed by atoms with Gasteiger partial charge in [0.25, 0.3) is 0 Å². The van der Waals surface area contributed by atoms with E-state index in [4.69, 9.17) is 5.11 Å². The Morgan fingerprint density at radius 1 is 1.21 bits per heavy atom. The second kappa shape index (κ2) is 5.82. The van der Waals surface area contributed by atoms with E-state index >= 15 is 0 Å². The lowest BCUT2D eigenvalue weighted by atomic mass is 10.0. The van der Waals surface area contributed by atoms with Gasteiger partial charge >= 0.3 is 5.97 Å². The van der Waals surface area contributed by atoms with Gasteiger partial charge in [-0.25, -0.2) is 0 Å². The Bertz CT molecular complexity index is 582. The third kappa shape index (κ3) is 3.53. The lowest BCUT2D eigenvalue weighted by molar-refractivity contribution is -0.138. The summed E-state index contributed by atoms with van der Waals surface area (Å²) in [7, 11) is 1.68. The number of benzene rings is 2. The predicted octanol–water partition coefficient (Wildman–Crippen LogP) is 1.89. The minimum atomic E-state index is -0.895. The van der Waals surface area contributed by atoms with Crippen molar-refractivity contribution >= 4 is 16.7 Å². The monoisotopic (exact) mass is 259 g/mol. The van der Waals surface area contributed by atoms with Gasteiger partial charge in [-0.05, 0) is 29.4 Å². The van der Waals surface area contributed by atoms with E-state index in [9.17, 15) is 9.90 Å². The number of nitrogens with zero attached hydrogens (tertiary/aromatic N) is 1. The molecule has 2 aromatic carbocycles. The lowest BCUT2D eigenvalue weighted by Gasteiger charge is -2.19. The zero-order valence-electron chi connectivity index (χ0n) is 10.8. The van der Waals surface area contributed by atoms with Crippen LogP contribution >= 0.6 is 0 Å². The molecule has 0 spiro atoms. The number of rotatable bonds is 5. The SMILES string of the molecule is CN(CC(=O)O)CC(O)c1ccc2ccccc2c1. The molecule has 0 radical (unpaired) electrons. The molecule has 0 aliphatic carbocycles. The van der Waals surface area contributed by atoms with Crippen molar-refractivity contribution in [1.82, 2.24) is 4.90 Å². The van der Waals surface area contributed by atoms with E-state index in [-0.39, 0.29) is 6.54 Å². The smallest absolute Gasteiger partial charge is 0.317 e. The minimum absolute atomic E-state index is 0.0787. The quantitative estimate of drug-likeness (QED) is 0.860. The van der Waals surface area contributed by atoms with Gasteiger partial charge in [0.15, 0.2) is 0 Å². The molecule has 2 rings (SSSR count). The van der Waals surface area contributed by atoms with Crippen LogP contribution in [-0.4, -0.2) is 41.2 Å². The molecule has 4 nitrogen and oxygen atoms in total. The summed E-state index contributed by atoms with van der Waals surface area (Å²) in [6, 6.07) is 13.7. The largest absolute Gasteiger partial charge is 0.480 e. The zero-order chi connectivity index (χ0) is 13.8. The maximum atomic E-state index is 10.6.